The highest BCUT2D eigenvalue weighted by atomic mass is 16.5. The van der Waals surface area contributed by atoms with Crippen molar-refractivity contribution in [3.8, 4) is 0 Å². The average molecular weight is 131 g/mol. The van der Waals surface area contributed by atoms with Gasteiger partial charge < -0.3 is 15.3 Å². The molecule has 0 heterocycles. The molecular formula is C6H11O3. The van der Waals surface area contributed by atoms with E-state index in [1.54, 1.807) is 6.92 Å². The molecule has 53 valence electrons. The number of aliphatic hydroxyl groups is 3. The van der Waals surface area contributed by atoms with Crippen molar-refractivity contribution in [2.45, 2.75) is 19.1 Å². The Hall–Kier alpha value is -0.380. The summed E-state index contributed by atoms with van der Waals surface area (Å²) in [5.74, 6) is -2.10. The fourth-order valence-electron chi connectivity index (χ4n) is 0.345. The molecule has 1 radical (unpaired) electrons. The average Bonchev–Trinajstić information content (AvgIpc) is 1.86. The van der Waals surface area contributed by atoms with E-state index in [9.17, 15) is 0 Å². The number of hydrogen-bond donors (Lipinski definition) is 3. The van der Waals surface area contributed by atoms with Gasteiger partial charge in [0.05, 0.1) is 0 Å². The van der Waals surface area contributed by atoms with Crippen LogP contribution in [0.1, 0.15) is 13.3 Å². The highest BCUT2D eigenvalue weighted by Crippen LogP contribution is 2.17. The third-order valence-corrected chi connectivity index (χ3v) is 1.10. The smallest absolute Gasteiger partial charge is 0.199 e. The molecule has 0 bridgehead atoms. The molecule has 0 atom stereocenters. The minimum atomic E-state index is -2.10. The van der Waals surface area contributed by atoms with Crippen molar-refractivity contribution in [2.75, 3.05) is 0 Å². The Balaban J connectivity index is 3.95. The molecule has 0 saturated heterocycles. The summed E-state index contributed by atoms with van der Waals surface area (Å²) in [4.78, 5) is 0. The fraction of sp³-hybridized carbons (Fsp3) is 0.500. The van der Waals surface area contributed by atoms with Crippen LogP contribution < -0.4 is 0 Å². The first-order chi connectivity index (χ1) is 4.04. The van der Waals surface area contributed by atoms with Crippen molar-refractivity contribution in [3.05, 3.63) is 18.8 Å². The van der Waals surface area contributed by atoms with Gasteiger partial charge in [-0.2, -0.15) is 0 Å². The van der Waals surface area contributed by atoms with Crippen molar-refractivity contribution in [3.63, 3.8) is 0 Å². The monoisotopic (exact) mass is 131 g/mol. The SMILES string of the molecule is C=C[C](O)C(O)(O)CC. The van der Waals surface area contributed by atoms with Gasteiger partial charge in [0.15, 0.2) is 11.9 Å². The zero-order valence-corrected chi connectivity index (χ0v) is 5.33. The lowest BCUT2D eigenvalue weighted by atomic mass is 10.1. The van der Waals surface area contributed by atoms with Crippen molar-refractivity contribution < 1.29 is 15.3 Å². The Bertz CT molecular complexity index is 98.5. The highest BCUT2D eigenvalue weighted by molar-refractivity contribution is 5.04. The van der Waals surface area contributed by atoms with Crippen molar-refractivity contribution >= 4 is 0 Å². The maximum atomic E-state index is 8.79. The Morgan fingerprint density at radius 3 is 2.22 bits per heavy atom. The second-order valence-corrected chi connectivity index (χ2v) is 1.76. The third-order valence-electron chi connectivity index (χ3n) is 1.10. The zero-order valence-electron chi connectivity index (χ0n) is 5.33. The van der Waals surface area contributed by atoms with Crippen LogP contribution >= 0.6 is 0 Å². The van der Waals surface area contributed by atoms with Crippen LogP contribution in [-0.4, -0.2) is 21.1 Å². The van der Waals surface area contributed by atoms with Gasteiger partial charge in [-0.15, -0.1) is 0 Å². The molecule has 0 aromatic carbocycles. The van der Waals surface area contributed by atoms with Gasteiger partial charge in [0, 0.05) is 6.42 Å². The Labute approximate surface area is 54.3 Å². The Morgan fingerprint density at radius 1 is 1.67 bits per heavy atom. The lowest BCUT2D eigenvalue weighted by Crippen LogP contribution is -2.33. The first-order valence-electron chi connectivity index (χ1n) is 2.68. The number of hydrogen-bond acceptors (Lipinski definition) is 3. The second kappa shape index (κ2) is 2.96. The molecule has 3 N–H and O–H groups in total. The molecule has 0 aliphatic rings. The van der Waals surface area contributed by atoms with Crippen LogP contribution in [0.3, 0.4) is 0 Å². The van der Waals surface area contributed by atoms with E-state index in [1.807, 2.05) is 0 Å². The molecule has 9 heavy (non-hydrogen) atoms. The van der Waals surface area contributed by atoms with Gasteiger partial charge in [-0.05, 0) is 0 Å². The standard InChI is InChI=1S/C6H11O3/c1-3-5(7)6(8,9)4-2/h3,7-9H,1,4H2,2H3. The maximum Gasteiger partial charge on any atom is 0.199 e. The van der Waals surface area contributed by atoms with Crippen LogP contribution in [0.2, 0.25) is 0 Å². The summed E-state index contributed by atoms with van der Waals surface area (Å²) in [6.07, 6.45) is 0.541. The molecule has 3 nitrogen and oxygen atoms in total. The summed E-state index contributed by atoms with van der Waals surface area (Å²) in [6, 6.07) is 0. The Morgan fingerprint density at radius 2 is 2.11 bits per heavy atom. The molecule has 0 fully saturated rings. The lowest BCUT2D eigenvalue weighted by molar-refractivity contribution is -0.173. The largest absolute Gasteiger partial charge is 0.377 e. The van der Waals surface area contributed by atoms with Gasteiger partial charge in [0.25, 0.3) is 0 Å². The minimum absolute atomic E-state index is 0.0465. The molecule has 0 spiro atoms. The summed E-state index contributed by atoms with van der Waals surface area (Å²) in [5.41, 5.74) is 0. The van der Waals surface area contributed by atoms with E-state index >= 15 is 0 Å². The van der Waals surface area contributed by atoms with E-state index in [0.29, 0.717) is 0 Å². The van der Waals surface area contributed by atoms with E-state index in [4.69, 9.17) is 15.3 Å². The fourth-order valence-corrected chi connectivity index (χ4v) is 0.345. The van der Waals surface area contributed by atoms with E-state index in [1.165, 1.54) is 0 Å². The summed E-state index contributed by atoms with van der Waals surface area (Å²) < 4.78 is 0. The highest BCUT2D eigenvalue weighted by Gasteiger charge is 2.29. The molecule has 0 aliphatic heterocycles. The van der Waals surface area contributed by atoms with Gasteiger partial charge in [0.2, 0.25) is 0 Å². The van der Waals surface area contributed by atoms with Gasteiger partial charge in [-0.1, -0.05) is 19.6 Å². The first kappa shape index (κ1) is 8.62. The van der Waals surface area contributed by atoms with Gasteiger partial charge >= 0.3 is 0 Å². The van der Waals surface area contributed by atoms with Crippen LogP contribution in [0.5, 0.6) is 0 Å². The zero-order chi connectivity index (χ0) is 7.49. The predicted octanol–water partition coefficient (Wildman–Crippen LogP) is 0.168. The molecule has 3 heteroatoms. The molecule has 0 unspecified atom stereocenters. The second-order valence-electron chi connectivity index (χ2n) is 1.76. The molecule has 0 aliphatic carbocycles. The maximum absolute atomic E-state index is 8.79. The Kier molecular flexibility index (Phi) is 2.84. The summed E-state index contributed by atoms with van der Waals surface area (Å²) in [6.45, 7) is 4.71. The number of rotatable bonds is 3. The van der Waals surface area contributed by atoms with E-state index in [0.717, 1.165) is 6.08 Å². The quantitative estimate of drug-likeness (QED) is 0.478. The molecule has 0 amide bonds. The van der Waals surface area contributed by atoms with Gasteiger partial charge in [-0.25, -0.2) is 0 Å². The van der Waals surface area contributed by atoms with Gasteiger partial charge in [0.1, 0.15) is 0 Å². The summed E-state index contributed by atoms with van der Waals surface area (Å²) in [7, 11) is 0. The van der Waals surface area contributed by atoms with Crippen LogP contribution in [0.15, 0.2) is 12.7 Å². The molecular weight excluding hydrogens is 120 g/mol. The third kappa shape index (κ3) is 2.13. The lowest BCUT2D eigenvalue weighted by Gasteiger charge is -2.21. The molecule has 0 saturated carbocycles. The molecule has 0 rings (SSSR count). The summed E-state index contributed by atoms with van der Waals surface area (Å²) >= 11 is 0. The van der Waals surface area contributed by atoms with Crippen molar-refractivity contribution in [2.24, 2.45) is 0 Å². The number of aliphatic hydroxyl groups excluding tert-OH is 1. The minimum Gasteiger partial charge on any atom is -0.377 e. The van der Waals surface area contributed by atoms with Crippen LogP contribution in [-0.2, 0) is 0 Å². The molecule has 0 aromatic rings. The normalized spacial score (nSPS) is 12.1. The molecule has 0 aromatic heterocycles. The van der Waals surface area contributed by atoms with E-state index in [2.05, 4.69) is 6.58 Å². The van der Waals surface area contributed by atoms with E-state index < -0.39 is 11.9 Å². The van der Waals surface area contributed by atoms with Crippen LogP contribution in [0.4, 0.5) is 0 Å². The van der Waals surface area contributed by atoms with Gasteiger partial charge in [-0.3, -0.25) is 0 Å². The van der Waals surface area contributed by atoms with Crippen molar-refractivity contribution in [1.82, 2.24) is 0 Å². The topological polar surface area (TPSA) is 60.7 Å². The van der Waals surface area contributed by atoms with E-state index in [-0.39, 0.29) is 6.42 Å². The predicted molar refractivity (Wildman–Crippen MR) is 32.8 cm³/mol. The summed E-state index contributed by atoms with van der Waals surface area (Å²) in [5, 5.41) is 26.3. The van der Waals surface area contributed by atoms with Crippen molar-refractivity contribution in [1.29, 1.82) is 0 Å². The van der Waals surface area contributed by atoms with Crippen LogP contribution in [0.25, 0.3) is 0 Å². The first-order valence-corrected chi connectivity index (χ1v) is 2.68. The van der Waals surface area contributed by atoms with Crippen LogP contribution in [0, 0.1) is 6.10 Å².